The molecule has 0 radical (unpaired) electrons. The smallest absolute Gasteiger partial charge is 0.307 e. The first-order chi connectivity index (χ1) is 7.60. The molecule has 0 aromatic heterocycles. The minimum absolute atomic E-state index is 0.239. The Balaban J connectivity index is 3.50. The summed E-state index contributed by atoms with van der Waals surface area (Å²) in [4.78, 5) is 11.3. The molecule has 0 bridgehead atoms. The van der Waals surface area contributed by atoms with E-state index in [4.69, 9.17) is 9.29 Å². The quantitative estimate of drug-likeness (QED) is 0.398. The highest BCUT2D eigenvalue weighted by atomic mass is 32.2. The summed E-state index contributed by atoms with van der Waals surface area (Å²) in [5.41, 5.74) is -0.484. The highest BCUT2D eigenvalue weighted by Gasteiger charge is 2.15. The number of carbonyl (C=O) groups excluding carboxylic acids is 1. The SMILES string of the molecule is CC(C)(C)OC(=O)CCNCCCS(=O)(=O)O. The lowest BCUT2D eigenvalue weighted by atomic mass is 10.2. The number of esters is 1. The van der Waals surface area contributed by atoms with Gasteiger partial charge in [-0.1, -0.05) is 0 Å². The van der Waals surface area contributed by atoms with E-state index >= 15 is 0 Å². The number of hydrogen-bond donors (Lipinski definition) is 2. The lowest BCUT2D eigenvalue weighted by molar-refractivity contribution is -0.154. The second-order valence-corrected chi connectivity index (χ2v) is 6.30. The topological polar surface area (TPSA) is 92.7 Å². The third kappa shape index (κ3) is 13.3. The number of hydrogen-bond acceptors (Lipinski definition) is 5. The fourth-order valence-electron chi connectivity index (χ4n) is 1.09. The highest BCUT2D eigenvalue weighted by Crippen LogP contribution is 2.07. The van der Waals surface area contributed by atoms with Crippen molar-refractivity contribution >= 4 is 16.1 Å². The van der Waals surface area contributed by atoms with Gasteiger partial charge < -0.3 is 10.1 Å². The molecule has 0 spiro atoms. The predicted molar refractivity (Wildman–Crippen MR) is 64.4 cm³/mol. The second kappa shape index (κ2) is 6.93. The lowest BCUT2D eigenvalue weighted by Gasteiger charge is -2.19. The zero-order valence-electron chi connectivity index (χ0n) is 10.5. The molecule has 0 atom stereocenters. The molecular formula is C10H21NO5S. The van der Waals surface area contributed by atoms with Crippen molar-refractivity contribution in [3.05, 3.63) is 0 Å². The largest absolute Gasteiger partial charge is 0.460 e. The third-order valence-corrected chi connectivity index (χ3v) is 2.49. The van der Waals surface area contributed by atoms with E-state index in [9.17, 15) is 13.2 Å². The maximum absolute atomic E-state index is 11.3. The summed E-state index contributed by atoms with van der Waals surface area (Å²) in [5.74, 6) is -0.563. The van der Waals surface area contributed by atoms with E-state index < -0.39 is 15.7 Å². The minimum Gasteiger partial charge on any atom is -0.460 e. The molecular weight excluding hydrogens is 246 g/mol. The predicted octanol–water partition coefficient (Wildman–Crippen LogP) is 0.586. The maximum atomic E-state index is 11.3. The van der Waals surface area contributed by atoms with Crippen LogP contribution >= 0.6 is 0 Å². The molecule has 0 aliphatic rings. The highest BCUT2D eigenvalue weighted by molar-refractivity contribution is 7.85. The molecule has 0 rings (SSSR count). The standard InChI is InChI=1S/C10H21NO5S/c1-10(2,3)16-9(12)5-7-11-6-4-8-17(13,14)15/h11H,4-8H2,1-3H3,(H,13,14,15). The van der Waals surface area contributed by atoms with E-state index in [0.29, 0.717) is 19.5 Å². The van der Waals surface area contributed by atoms with Crippen LogP contribution in [0.4, 0.5) is 0 Å². The average Bonchev–Trinajstić information content (AvgIpc) is 2.06. The first kappa shape index (κ1) is 16.3. The van der Waals surface area contributed by atoms with Gasteiger partial charge in [-0.3, -0.25) is 9.35 Å². The van der Waals surface area contributed by atoms with Gasteiger partial charge in [0.25, 0.3) is 10.1 Å². The van der Waals surface area contributed by atoms with Crippen molar-refractivity contribution < 1.29 is 22.5 Å². The molecule has 0 saturated heterocycles. The van der Waals surface area contributed by atoms with E-state index in [2.05, 4.69) is 5.32 Å². The molecule has 102 valence electrons. The van der Waals surface area contributed by atoms with Crippen LogP contribution in [-0.2, 0) is 19.6 Å². The van der Waals surface area contributed by atoms with Crippen LogP contribution in [0.5, 0.6) is 0 Å². The summed E-state index contributed by atoms with van der Waals surface area (Å²) in [5, 5.41) is 2.90. The number of carbonyl (C=O) groups is 1. The Labute approximate surface area is 102 Å². The minimum atomic E-state index is -3.88. The normalized spacial score (nSPS) is 12.5. The molecule has 0 unspecified atom stereocenters. The van der Waals surface area contributed by atoms with Gasteiger partial charge >= 0.3 is 5.97 Å². The summed E-state index contributed by atoms with van der Waals surface area (Å²) < 4.78 is 34.3. The van der Waals surface area contributed by atoms with E-state index in [1.807, 2.05) is 0 Å². The van der Waals surface area contributed by atoms with Crippen LogP contribution in [0.2, 0.25) is 0 Å². The fourth-order valence-corrected chi connectivity index (χ4v) is 1.60. The van der Waals surface area contributed by atoms with Gasteiger partial charge in [0, 0.05) is 6.54 Å². The Kier molecular flexibility index (Phi) is 6.66. The van der Waals surface area contributed by atoms with Gasteiger partial charge in [0.1, 0.15) is 5.60 Å². The number of nitrogens with one attached hydrogen (secondary N) is 1. The Morgan fingerprint density at radius 1 is 1.29 bits per heavy atom. The van der Waals surface area contributed by atoms with Crippen molar-refractivity contribution in [1.82, 2.24) is 5.32 Å². The zero-order valence-corrected chi connectivity index (χ0v) is 11.3. The van der Waals surface area contributed by atoms with Crippen LogP contribution in [0, 0.1) is 0 Å². The van der Waals surface area contributed by atoms with Crippen LogP contribution in [0.25, 0.3) is 0 Å². The van der Waals surface area contributed by atoms with E-state index in [-0.39, 0.29) is 18.1 Å². The Bertz CT molecular complexity index is 331. The van der Waals surface area contributed by atoms with Gasteiger partial charge in [-0.15, -0.1) is 0 Å². The summed E-state index contributed by atoms with van der Waals surface area (Å²) in [6, 6.07) is 0. The summed E-state index contributed by atoms with van der Waals surface area (Å²) in [6.45, 7) is 6.25. The van der Waals surface area contributed by atoms with Gasteiger partial charge in [0.05, 0.1) is 12.2 Å². The molecule has 0 aromatic carbocycles. The van der Waals surface area contributed by atoms with Crippen molar-refractivity contribution in [3.63, 3.8) is 0 Å². The molecule has 0 heterocycles. The summed E-state index contributed by atoms with van der Waals surface area (Å²) in [6.07, 6.45) is 0.552. The van der Waals surface area contributed by atoms with E-state index in [1.54, 1.807) is 20.8 Å². The van der Waals surface area contributed by atoms with Gasteiger partial charge in [-0.2, -0.15) is 8.42 Å². The Morgan fingerprint density at radius 3 is 2.35 bits per heavy atom. The zero-order chi connectivity index (χ0) is 13.5. The second-order valence-electron chi connectivity index (χ2n) is 4.73. The van der Waals surface area contributed by atoms with Crippen molar-refractivity contribution in [2.24, 2.45) is 0 Å². The van der Waals surface area contributed by atoms with Crippen molar-refractivity contribution in [1.29, 1.82) is 0 Å². The molecule has 0 saturated carbocycles. The molecule has 0 aliphatic heterocycles. The van der Waals surface area contributed by atoms with Crippen molar-refractivity contribution in [2.75, 3.05) is 18.8 Å². The van der Waals surface area contributed by atoms with Crippen LogP contribution in [0.15, 0.2) is 0 Å². The van der Waals surface area contributed by atoms with Gasteiger partial charge in [-0.25, -0.2) is 0 Å². The molecule has 6 nitrogen and oxygen atoms in total. The summed E-state index contributed by atoms with van der Waals surface area (Å²) >= 11 is 0. The van der Waals surface area contributed by atoms with Crippen LogP contribution in [0.3, 0.4) is 0 Å². The molecule has 2 N–H and O–H groups in total. The van der Waals surface area contributed by atoms with Gasteiger partial charge in [0.15, 0.2) is 0 Å². The van der Waals surface area contributed by atoms with Crippen LogP contribution < -0.4 is 5.32 Å². The van der Waals surface area contributed by atoms with Crippen molar-refractivity contribution in [2.45, 2.75) is 39.2 Å². The van der Waals surface area contributed by atoms with E-state index in [1.165, 1.54) is 0 Å². The van der Waals surface area contributed by atoms with Crippen LogP contribution in [0.1, 0.15) is 33.6 Å². The molecule has 0 amide bonds. The molecule has 0 aromatic rings. The molecule has 0 fully saturated rings. The number of ether oxygens (including phenoxy) is 1. The fraction of sp³-hybridized carbons (Fsp3) is 0.900. The van der Waals surface area contributed by atoms with Crippen LogP contribution in [-0.4, -0.2) is 43.4 Å². The Morgan fingerprint density at radius 2 is 1.88 bits per heavy atom. The number of rotatable bonds is 7. The van der Waals surface area contributed by atoms with Gasteiger partial charge in [-0.05, 0) is 33.7 Å². The maximum Gasteiger partial charge on any atom is 0.307 e. The average molecular weight is 267 g/mol. The molecule has 17 heavy (non-hydrogen) atoms. The molecule has 0 aliphatic carbocycles. The molecule has 7 heteroatoms. The van der Waals surface area contributed by atoms with E-state index in [0.717, 1.165) is 0 Å². The first-order valence-electron chi connectivity index (χ1n) is 5.48. The van der Waals surface area contributed by atoms with Crippen molar-refractivity contribution in [3.8, 4) is 0 Å². The first-order valence-corrected chi connectivity index (χ1v) is 7.09. The monoisotopic (exact) mass is 267 g/mol. The Hall–Kier alpha value is -0.660. The van der Waals surface area contributed by atoms with Gasteiger partial charge in [0.2, 0.25) is 0 Å². The summed E-state index contributed by atoms with van der Waals surface area (Å²) in [7, 11) is -3.88. The third-order valence-electron chi connectivity index (χ3n) is 1.68. The lowest BCUT2D eigenvalue weighted by Crippen LogP contribution is -2.27.